The van der Waals surface area contributed by atoms with Gasteiger partial charge in [-0.25, -0.2) is 12.4 Å². The van der Waals surface area contributed by atoms with E-state index < -0.39 is 10.0 Å². The molecular weight excluding hydrogens is 286 g/mol. The summed E-state index contributed by atoms with van der Waals surface area (Å²) in [6, 6.07) is 6.81. The maximum atomic E-state index is 12.8. The van der Waals surface area contributed by atoms with Crippen LogP contribution in [-0.4, -0.2) is 18.7 Å². The number of nitrogens with zero attached hydrogens (tertiary/aromatic N) is 1. The molecule has 1 aromatic carbocycles. The molecule has 1 heterocycles. The maximum absolute atomic E-state index is 12.8. The summed E-state index contributed by atoms with van der Waals surface area (Å²) in [7, 11) is -3.56. The molecule has 0 saturated carbocycles. The molecule has 108 valence electrons. The summed E-state index contributed by atoms with van der Waals surface area (Å²) in [6.45, 7) is 1.76. The fourth-order valence-corrected chi connectivity index (χ4v) is 4.37. The van der Waals surface area contributed by atoms with Crippen LogP contribution < -0.4 is 0 Å². The van der Waals surface area contributed by atoms with Gasteiger partial charge >= 0.3 is 0 Å². The van der Waals surface area contributed by atoms with Crippen molar-refractivity contribution < 1.29 is 13.2 Å². The highest BCUT2D eigenvalue weighted by Gasteiger charge is 2.23. The van der Waals surface area contributed by atoms with Crippen LogP contribution in [0.2, 0.25) is 0 Å². The van der Waals surface area contributed by atoms with E-state index in [1.807, 2.05) is 6.08 Å². The second-order valence-electron chi connectivity index (χ2n) is 5.09. The highest BCUT2D eigenvalue weighted by Crippen LogP contribution is 2.28. The third kappa shape index (κ3) is 2.23. The number of allylic oxidation sites excluding steroid dienone is 4. The largest absolute Gasteiger partial charge is 0.298 e. The standard InChI is InChI=1S/C16H15NO3S/c1-12-9-14-10-13(11-18)7-8-16(14)17(12)21(19,20)15-5-3-2-4-6-15/h2-3,5,7-11H,4,6H2,1H3. The molecule has 1 aromatic heterocycles. The number of aromatic nitrogens is 1. The van der Waals surface area contributed by atoms with Crippen molar-refractivity contribution >= 4 is 27.2 Å². The molecule has 0 bridgehead atoms. The number of benzene rings is 1. The Morgan fingerprint density at radius 2 is 2.05 bits per heavy atom. The molecule has 21 heavy (non-hydrogen) atoms. The van der Waals surface area contributed by atoms with Crippen molar-refractivity contribution in [2.45, 2.75) is 19.8 Å². The molecule has 2 aromatic rings. The zero-order valence-corrected chi connectivity index (χ0v) is 12.4. The number of aldehydes is 1. The highest BCUT2D eigenvalue weighted by molar-refractivity contribution is 7.94. The van der Waals surface area contributed by atoms with Crippen molar-refractivity contribution in [3.63, 3.8) is 0 Å². The summed E-state index contributed by atoms with van der Waals surface area (Å²) in [5.41, 5.74) is 1.79. The molecular formula is C16H15NO3S. The number of carbonyl (C=O) groups is 1. The van der Waals surface area contributed by atoms with E-state index in [0.29, 0.717) is 28.1 Å². The van der Waals surface area contributed by atoms with Crippen LogP contribution in [-0.2, 0) is 10.0 Å². The summed E-state index contributed by atoms with van der Waals surface area (Å²) < 4.78 is 27.0. The number of aryl methyl sites for hydroxylation is 1. The molecule has 0 amide bonds. The smallest absolute Gasteiger partial charge is 0.264 e. The summed E-state index contributed by atoms with van der Waals surface area (Å²) in [5.74, 6) is 0. The Labute approximate surface area is 123 Å². The first-order chi connectivity index (χ1) is 10.0. The Balaban J connectivity index is 2.25. The minimum atomic E-state index is -3.56. The topological polar surface area (TPSA) is 56.1 Å². The van der Waals surface area contributed by atoms with E-state index in [0.717, 1.165) is 18.1 Å². The van der Waals surface area contributed by atoms with Crippen molar-refractivity contribution in [2.24, 2.45) is 0 Å². The van der Waals surface area contributed by atoms with E-state index >= 15 is 0 Å². The van der Waals surface area contributed by atoms with Crippen molar-refractivity contribution in [2.75, 3.05) is 0 Å². The molecule has 0 saturated heterocycles. The molecule has 3 rings (SSSR count). The van der Waals surface area contributed by atoms with Crippen molar-refractivity contribution in [3.8, 4) is 0 Å². The first-order valence-electron chi connectivity index (χ1n) is 6.72. The van der Waals surface area contributed by atoms with Gasteiger partial charge in [-0.2, -0.15) is 0 Å². The second kappa shape index (κ2) is 5.00. The van der Waals surface area contributed by atoms with Crippen LogP contribution in [0.1, 0.15) is 28.9 Å². The van der Waals surface area contributed by atoms with Crippen LogP contribution >= 0.6 is 0 Å². The zero-order valence-electron chi connectivity index (χ0n) is 11.6. The number of hydrogen-bond donors (Lipinski definition) is 0. The fourth-order valence-electron chi connectivity index (χ4n) is 2.65. The first-order valence-corrected chi connectivity index (χ1v) is 8.16. The molecule has 0 spiro atoms. The Bertz CT molecular complexity index is 886. The minimum Gasteiger partial charge on any atom is -0.298 e. The summed E-state index contributed by atoms with van der Waals surface area (Å²) in [6.07, 6.45) is 7.40. The predicted octanol–water partition coefficient (Wildman–Crippen LogP) is 3.17. The van der Waals surface area contributed by atoms with Crippen LogP contribution in [0.4, 0.5) is 0 Å². The monoisotopic (exact) mass is 301 g/mol. The van der Waals surface area contributed by atoms with Gasteiger partial charge in [0.15, 0.2) is 0 Å². The van der Waals surface area contributed by atoms with Crippen molar-refractivity contribution in [3.05, 3.63) is 58.7 Å². The molecule has 4 nitrogen and oxygen atoms in total. The van der Waals surface area contributed by atoms with E-state index in [4.69, 9.17) is 0 Å². The van der Waals surface area contributed by atoms with Gasteiger partial charge in [0, 0.05) is 16.6 Å². The number of fused-ring (bicyclic) bond motifs is 1. The van der Waals surface area contributed by atoms with E-state index in [1.54, 1.807) is 43.3 Å². The van der Waals surface area contributed by atoms with Gasteiger partial charge in [-0.1, -0.05) is 12.2 Å². The molecule has 0 unspecified atom stereocenters. The Kier molecular flexibility index (Phi) is 3.29. The molecule has 1 aliphatic carbocycles. The second-order valence-corrected chi connectivity index (χ2v) is 6.93. The average Bonchev–Trinajstić information content (AvgIpc) is 2.83. The van der Waals surface area contributed by atoms with Crippen LogP contribution in [0.15, 0.2) is 47.4 Å². The third-order valence-corrected chi connectivity index (χ3v) is 5.61. The molecule has 0 fully saturated rings. The van der Waals surface area contributed by atoms with Crippen LogP contribution in [0.25, 0.3) is 10.9 Å². The van der Waals surface area contributed by atoms with E-state index in [9.17, 15) is 13.2 Å². The summed E-state index contributed by atoms with van der Waals surface area (Å²) in [5, 5.41) is 0.757. The van der Waals surface area contributed by atoms with Gasteiger partial charge < -0.3 is 0 Å². The van der Waals surface area contributed by atoms with E-state index in [2.05, 4.69) is 0 Å². The lowest BCUT2D eigenvalue weighted by Crippen LogP contribution is -2.16. The van der Waals surface area contributed by atoms with Crippen LogP contribution in [0.3, 0.4) is 0 Å². The van der Waals surface area contributed by atoms with Gasteiger partial charge in [-0.15, -0.1) is 0 Å². The molecule has 0 N–H and O–H groups in total. The van der Waals surface area contributed by atoms with Crippen molar-refractivity contribution in [1.29, 1.82) is 0 Å². The molecule has 0 atom stereocenters. The molecule has 1 aliphatic rings. The van der Waals surface area contributed by atoms with E-state index in [1.165, 1.54) is 3.97 Å². The van der Waals surface area contributed by atoms with Gasteiger partial charge in [0.25, 0.3) is 10.0 Å². The number of hydrogen-bond acceptors (Lipinski definition) is 3. The van der Waals surface area contributed by atoms with Crippen LogP contribution in [0.5, 0.6) is 0 Å². The minimum absolute atomic E-state index is 0.421. The Morgan fingerprint density at radius 3 is 2.71 bits per heavy atom. The summed E-state index contributed by atoms with van der Waals surface area (Å²) in [4.78, 5) is 11.3. The van der Waals surface area contributed by atoms with E-state index in [-0.39, 0.29) is 0 Å². The Morgan fingerprint density at radius 1 is 1.24 bits per heavy atom. The van der Waals surface area contributed by atoms with Crippen LogP contribution in [0, 0.1) is 6.92 Å². The molecule has 0 aliphatic heterocycles. The molecule has 0 radical (unpaired) electrons. The Hall–Kier alpha value is -2.14. The average molecular weight is 301 g/mol. The predicted molar refractivity (Wildman–Crippen MR) is 82.8 cm³/mol. The van der Waals surface area contributed by atoms with Gasteiger partial charge in [0.2, 0.25) is 0 Å². The number of carbonyl (C=O) groups excluding carboxylic acids is 1. The lowest BCUT2D eigenvalue weighted by molar-refractivity contribution is 0.112. The lowest BCUT2D eigenvalue weighted by atomic mass is 10.2. The van der Waals surface area contributed by atoms with Gasteiger partial charge in [-0.05, 0) is 50.1 Å². The molecule has 5 heteroatoms. The zero-order chi connectivity index (χ0) is 15.0. The first kappa shape index (κ1) is 13.8. The SMILES string of the molecule is Cc1cc2cc(C=O)ccc2n1S(=O)(=O)C1=CC=CCC1. The maximum Gasteiger partial charge on any atom is 0.264 e. The van der Waals surface area contributed by atoms with Gasteiger partial charge in [-0.3, -0.25) is 4.79 Å². The van der Waals surface area contributed by atoms with Gasteiger partial charge in [0.05, 0.1) is 10.4 Å². The lowest BCUT2D eigenvalue weighted by Gasteiger charge is -2.14. The summed E-state index contributed by atoms with van der Waals surface area (Å²) >= 11 is 0. The quantitative estimate of drug-likeness (QED) is 0.818. The fraction of sp³-hybridized carbons (Fsp3) is 0.188. The normalized spacial score (nSPS) is 15.2. The van der Waals surface area contributed by atoms with Crippen molar-refractivity contribution in [1.82, 2.24) is 3.97 Å². The third-order valence-electron chi connectivity index (χ3n) is 3.64. The van der Waals surface area contributed by atoms with Gasteiger partial charge in [0.1, 0.15) is 6.29 Å². The highest BCUT2D eigenvalue weighted by atomic mass is 32.2. The number of rotatable bonds is 3.